The number of nitrogens with zero attached hydrogens (tertiary/aromatic N) is 1. The fourth-order valence-corrected chi connectivity index (χ4v) is 2.89. The maximum absolute atomic E-state index is 5.99. The summed E-state index contributed by atoms with van der Waals surface area (Å²) < 4.78 is 5.57. The molecule has 1 atom stereocenters. The molecule has 1 heterocycles. The zero-order valence-electron chi connectivity index (χ0n) is 12.2. The highest BCUT2D eigenvalue weighted by Crippen LogP contribution is 2.19. The van der Waals surface area contributed by atoms with Gasteiger partial charge in [0.15, 0.2) is 5.96 Å². The van der Waals surface area contributed by atoms with E-state index in [2.05, 4.69) is 15.6 Å². The van der Waals surface area contributed by atoms with Gasteiger partial charge in [0, 0.05) is 36.8 Å². The highest BCUT2D eigenvalue weighted by atomic mass is 35.5. The highest BCUT2D eigenvalue weighted by molar-refractivity contribution is 6.34. The number of hydrogen-bond acceptors (Lipinski definition) is 2. The maximum Gasteiger partial charge on any atom is 0.191 e. The van der Waals surface area contributed by atoms with E-state index in [1.54, 1.807) is 13.1 Å². The summed E-state index contributed by atoms with van der Waals surface area (Å²) in [6.07, 6.45) is 3.40. The summed E-state index contributed by atoms with van der Waals surface area (Å²) in [4.78, 5) is 4.20. The molecule has 116 valence electrons. The first-order valence-electron chi connectivity index (χ1n) is 7.18. The van der Waals surface area contributed by atoms with E-state index in [-0.39, 0.29) is 0 Å². The van der Waals surface area contributed by atoms with E-state index in [0.29, 0.717) is 16.1 Å². The molecule has 0 bridgehead atoms. The molecule has 1 aromatic carbocycles. The van der Waals surface area contributed by atoms with E-state index in [4.69, 9.17) is 27.9 Å². The lowest BCUT2D eigenvalue weighted by atomic mass is 10.1. The second kappa shape index (κ2) is 8.47. The van der Waals surface area contributed by atoms with E-state index in [9.17, 15) is 0 Å². The fraction of sp³-hybridized carbons (Fsp3) is 0.533. The summed E-state index contributed by atoms with van der Waals surface area (Å²) in [7, 11) is 1.76. The van der Waals surface area contributed by atoms with Gasteiger partial charge in [0.1, 0.15) is 0 Å². The van der Waals surface area contributed by atoms with Gasteiger partial charge in [-0.3, -0.25) is 4.99 Å². The van der Waals surface area contributed by atoms with E-state index in [0.717, 1.165) is 50.5 Å². The van der Waals surface area contributed by atoms with Gasteiger partial charge in [-0.15, -0.1) is 0 Å². The molecule has 0 saturated carbocycles. The van der Waals surface area contributed by atoms with Crippen LogP contribution in [0, 0.1) is 0 Å². The molecule has 1 aliphatic rings. The molecular weight excluding hydrogens is 309 g/mol. The molecule has 1 fully saturated rings. The van der Waals surface area contributed by atoms with Crippen molar-refractivity contribution in [2.75, 3.05) is 26.7 Å². The van der Waals surface area contributed by atoms with Crippen LogP contribution in [0.2, 0.25) is 10.0 Å². The third-order valence-corrected chi connectivity index (χ3v) is 3.81. The van der Waals surface area contributed by atoms with Gasteiger partial charge >= 0.3 is 0 Å². The lowest BCUT2D eigenvalue weighted by molar-refractivity contribution is 0.114. The monoisotopic (exact) mass is 329 g/mol. The van der Waals surface area contributed by atoms with E-state index < -0.39 is 0 Å². The zero-order chi connectivity index (χ0) is 15.1. The molecule has 1 unspecified atom stereocenters. The van der Waals surface area contributed by atoms with Gasteiger partial charge in [0.2, 0.25) is 0 Å². The van der Waals surface area contributed by atoms with Crippen molar-refractivity contribution in [3.05, 3.63) is 33.8 Å². The van der Waals surface area contributed by atoms with Crippen LogP contribution in [-0.4, -0.2) is 38.8 Å². The highest BCUT2D eigenvalue weighted by Gasteiger charge is 2.15. The van der Waals surface area contributed by atoms with Crippen LogP contribution in [0.15, 0.2) is 23.2 Å². The molecule has 2 rings (SSSR count). The van der Waals surface area contributed by atoms with Crippen LogP contribution >= 0.6 is 23.2 Å². The molecule has 1 aromatic rings. The van der Waals surface area contributed by atoms with E-state index in [1.807, 2.05) is 12.1 Å². The van der Waals surface area contributed by atoms with Crippen LogP contribution in [0.3, 0.4) is 0 Å². The Morgan fingerprint density at radius 3 is 2.67 bits per heavy atom. The Morgan fingerprint density at radius 2 is 2.05 bits per heavy atom. The Morgan fingerprint density at radius 1 is 1.29 bits per heavy atom. The first-order chi connectivity index (χ1) is 10.2. The normalized spacial score (nSPS) is 18.8. The minimum atomic E-state index is 0.301. The van der Waals surface area contributed by atoms with Crippen molar-refractivity contribution in [3.8, 4) is 0 Å². The molecule has 1 saturated heterocycles. The minimum absolute atomic E-state index is 0.301. The number of rotatable bonds is 5. The van der Waals surface area contributed by atoms with Gasteiger partial charge in [-0.25, -0.2) is 0 Å². The molecule has 0 radical (unpaired) electrons. The average Bonchev–Trinajstić information content (AvgIpc) is 2.94. The smallest absolute Gasteiger partial charge is 0.191 e. The van der Waals surface area contributed by atoms with Crippen molar-refractivity contribution in [3.63, 3.8) is 0 Å². The van der Waals surface area contributed by atoms with Crippen molar-refractivity contribution < 1.29 is 4.74 Å². The van der Waals surface area contributed by atoms with Crippen LogP contribution in [0.4, 0.5) is 0 Å². The number of benzene rings is 1. The van der Waals surface area contributed by atoms with Gasteiger partial charge < -0.3 is 15.4 Å². The average molecular weight is 330 g/mol. The molecule has 1 aliphatic heterocycles. The number of halogens is 2. The van der Waals surface area contributed by atoms with E-state index >= 15 is 0 Å². The third-order valence-electron chi connectivity index (χ3n) is 3.37. The molecule has 0 amide bonds. The molecule has 0 spiro atoms. The largest absolute Gasteiger partial charge is 0.376 e. The van der Waals surface area contributed by atoms with Gasteiger partial charge in [-0.2, -0.15) is 0 Å². The minimum Gasteiger partial charge on any atom is -0.376 e. The Kier molecular flexibility index (Phi) is 6.61. The molecule has 6 heteroatoms. The Bertz CT molecular complexity index is 468. The van der Waals surface area contributed by atoms with Gasteiger partial charge in [0.25, 0.3) is 0 Å². The summed E-state index contributed by atoms with van der Waals surface area (Å²) in [5, 5.41) is 7.89. The third kappa shape index (κ3) is 5.73. The number of aliphatic imine (C=N–C) groups is 1. The molecular formula is C15H21Cl2N3O. The molecule has 0 aromatic heterocycles. The van der Waals surface area contributed by atoms with Gasteiger partial charge in [-0.1, -0.05) is 23.2 Å². The molecule has 4 nitrogen and oxygen atoms in total. The summed E-state index contributed by atoms with van der Waals surface area (Å²) in [6.45, 7) is 2.43. The maximum atomic E-state index is 5.99. The summed E-state index contributed by atoms with van der Waals surface area (Å²) >= 11 is 12.0. The predicted octanol–water partition coefficient (Wildman–Crippen LogP) is 2.88. The molecule has 2 N–H and O–H groups in total. The molecule has 0 aliphatic carbocycles. The van der Waals surface area contributed by atoms with Crippen molar-refractivity contribution in [2.24, 2.45) is 4.99 Å². The number of hydrogen-bond donors (Lipinski definition) is 2. The zero-order valence-corrected chi connectivity index (χ0v) is 13.7. The van der Waals surface area contributed by atoms with Crippen LogP contribution in [0.1, 0.15) is 18.4 Å². The second-order valence-corrected chi connectivity index (χ2v) is 5.92. The van der Waals surface area contributed by atoms with Crippen molar-refractivity contribution in [1.29, 1.82) is 0 Å². The summed E-state index contributed by atoms with van der Waals surface area (Å²) in [5.74, 6) is 0.790. The Hall–Kier alpha value is -0.970. The number of nitrogens with one attached hydrogen (secondary N) is 2. The Labute approximate surface area is 135 Å². The standard InChI is InChI=1S/C15H21Cl2N3O/c1-18-15(20-10-14-3-2-6-21-14)19-5-4-11-7-12(16)9-13(17)8-11/h7-9,14H,2-6,10H2,1H3,(H2,18,19,20). The van der Waals surface area contributed by atoms with Crippen molar-refractivity contribution in [1.82, 2.24) is 10.6 Å². The van der Waals surface area contributed by atoms with Crippen LogP contribution < -0.4 is 10.6 Å². The van der Waals surface area contributed by atoms with Gasteiger partial charge in [-0.05, 0) is 43.0 Å². The topological polar surface area (TPSA) is 45.7 Å². The van der Waals surface area contributed by atoms with Crippen LogP contribution in [0.25, 0.3) is 0 Å². The van der Waals surface area contributed by atoms with E-state index in [1.165, 1.54) is 0 Å². The molecule has 21 heavy (non-hydrogen) atoms. The Balaban J connectivity index is 1.72. The van der Waals surface area contributed by atoms with Gasteiger partial charge in [0.05, 0.1) is 6.10 Å². The second-order valence-electron chi connectivity index (χ2n) is 5.04. The number of ether oxygens (including phenoxy) is 1. The lowest BCUT2D eigenvalue weighted by Gasteiger charge is -2.15. The first kappa shape index (κ1) is 16.4. The summed E-state index contributed by atoms with van der Waals surface area (Å²) in [5.41, 5.74) is 1.11. The van der Waals surface area contributed by atoms with Crippen LogP contribution in [0.5, 0.6) is 0 Å². The SMILES string of the molecule is CN=C(NCCc1cc(Cl)cc(Cl)c1)NCC1CCCO1. The quantitative estimate of drug-likeness (QED) is 0.645. The predicted molar refractivity (Wildman–Crippen MR) is 88.5 cm³/mol. The van der Waals surface area contributed by atoms with Crippen molar-refractivity contribution in [2.45, 2.75) is 25.4 Å². The lowest BCUT2D eigenvalue weighted by Crippen LogP contribution is -2.41. The fourth-order valence-electron chi connectivity index (χ4n) is 2.32. The number of guanidine groups is 1. The van der Waals surface area contributed by atoms with Crippen LogP contribution in [-0.2, 0) is 11.2 Å². The van der Waals surface area contributed by atoms with Crippen molar-refractivity contribution >= 4 is 29.2 Å². The summed E-state index contributed by atoms with van der Waals surface area (Å²) in [6, 6.07) is 5.59. The first-order valence-corrected chi connectivity index (χ1v) is 7.94.